The average Bonchev–Trinajstić information content (AvgIpc) is 3.12. The van der Waals surface area contributed by atoms with Gasteiger partial charge in [-0.25, -0.2) is 4.98 Å². The summed E-state index contributed by atoms with van der Waals surface area (Å²) in [6, 6.07) is 7.12. The molecule has 4 atom stereocenters. The first-order valence-electron chi connectivity index (χ1n) is 8.40. The zero-order chi connectivity index (χ0) is 19.3. The number of aliphatic hydroxyl groups excluding tert-OH is 2. The summed E-state index contributed by atoms with van der Waals surface area (Å²) in [5.41, 5.74) is 7.40. The highest BCUT2D eigenvalue weighted by atomic mass is 79.9. The van der Waals surface area contributed by atoms with Gasteiger partial charge in [-0.15, -0.1) is 0 Å². The van der Waals surface area contributed by atoms with Crippen LogP contribution in [-0.2, 0) is 0 Å². The maximum absolute atomic E-state index is 10.8. The molecule has 0 bridgehead atoms. The molecule has 0 unspecified atom stereocenters. The summed E-state index contributed by atoms with van der Waals surface area (Å²) in [7, 11) is 1.60. The lowest BCUT2D eigenvalue weighted by atomic mass is 9.95. The number of benzene rings is 1. The Balaban J connectivity index is 1.76. The summed E-state index contributed by atoms with van der Waals surface area (Å²) < 4.78 is 7.78. The monoisotopic (exact) mass is 452 g/mol. The van der Waals surface area contributed by atoms with E-state index in [0.717, 1.165) is 5.56 Å². The summed E-state index contributed by atoms with van der Waals surface area (Å²) in [4.78, 5) is 8.26. The van der Waals surface area contributed by atoms with E-state index >= 15 is 0 Å². The number of nitrogens with two attached hydrogens (primary N) is 1. The predicted molar refractivity (Wildman–Crippen MR) is 106 cm³/mol. The fourth-order valence-corrected chi connectivity index (χ4v) is 4.62. The van der Waals surface area contributed by atoms with Gasteiger partial charge in [-0.1, -0.05) is 12.1 Å². The Kier molecular flexibility index (Phi) is 4.75. The Bertz CT molecular complexity index is 1010. The number of anilines is 1. The van der Waals surface area contributed by atoms with Crippen molar-refractivity contribution in [2.75, 3.05) is 12.8 Å². The lowest BCUT2D eigenvalue weighted by Gasteiger charge is -2.19. The number of rotatable bonds is 3. The molecule has 3 aromatic rings. The third-order valence-corrected chi connectivity index (χ3v) is 5.93. The highest BCUT2D eigenvalue weighted by Crippen LogP contribution is 2.44. The standard InChI is InChI=1S/C18H18BrClN4O3/c1-27-9-4-2-3-8(5-9)10-6-12(15(26)14(10)25)24-7-11(19)13-16(21)22-18(20)23-17(13)24/h2-5,7,10,12,14-15,25-26H,6H2,1H3,(H2,21,22,23)/t10-,12-,14-,15+/m1/s1. The Morgan fingerprint density at radius 1 is 1.30 bits per heavy atom. The first-order chi connectivity index (χ1) is 12.9. The van der Waals surface area contributed by atoms with Gasteiger partial charge in [-0.05, 0) is 51.6 Å². The van der Waals surface area contributed by atoms with Gasteiger partial charge in [0, 0.05) is 16.6 Å². The van der Waals surface area contributed by atoms with Crippen LogP contribution in [-0.4, -0.2) is 44.1 Å². The van der Waals surface area contributed by atoms with Crippen LogP contribution >= 0.6 is 27.5 Å². The van der Waals surface area contributed by atoms with E-state index in [0.29, 0.717) is 27.7 Å². The van der Waals surface area contributed by atoms with Crippen molar-refractivity contribution < 1.29 is 14.9 Å². The molecule has 0 aliphatic heterocycles. The van der Waals surface area contributed by atoms with Gasteiger partial charge in [0.15, 0.2) is 0 Å². The van der Waals surface area contributed by atoms with E-state index in [1.54, 1.807) is 17.9 Å². The third kappa shape index (κ3) is 3.06. The molecule has 4 rings (SSSR count). The maximum atomic E-state index is 10.8. The van der Waals surface area contributed by atoms with Gasteiger partial charge in [0.1, 0.15) is 23.3 Å². The first kappa shape index (κ1) is 18.5. The number of fused-ring (bicyclic) bond motifs is 1. The molecule has 1 aromatic carbocycles. The van der Waals surface area contributed by atoms with E-state index in [2.05, 4.69) is 25.9 Å². The highest BCUT2D eigenvalue weighted by molar-refractivity contribution is 9.10. The van der Waals surface area contributed by atoms with E-state index in [1.165, 1.54) is 0 Å². The first-order valence-corrected chi connectivity index (χ1v) is 9.57. The Morgan fingerprint density at radius 2 is 2.07 bits per heavy atom. The molecule has 0 spiro atoms. The molecule has 2 heterocycles. The number of hydrogen-bond acceptors (Lipinski definition) is 6. The Labute approximate surface area is 168 Å². The molecule has 1 aliphatic carbocycles. The minimum Gasteiger partial charge on any atom is -0.497 e. The number of halogens is 2. The molecule has 0 amide bonds. The van der Waals surface area contributed by atoms with Gasteiger partial charge in [0.05, 0.1) is 24.6 Å². The summed E-state index contributed by atoms with van der Waals surface area (Å²) >= 11 is 9.45. The molecule has 1 fully saturated rings. The van der Waals surface area contributed by atoms with E-state index in [-0.39, 0.29) is 17.0 Å². The van der Waals surface area contributed by atoms with Crippen LogP contribution in [0.3, 0.4) is 0 Å². The van der Waals surface area contributed by atoms with E-state index in [9.17, 15) is 10.2 Å². The normalized spacial score (nSPS) is 25.2. The van der Waals surface area contributed by atoms with Crippen LogP contribution in [0.2, 0.25) is 5.28 Å². The average molecular weight is 454 g/mol. The second kappa shape index (κ2) is 6.94. The van der Waals surface area contributed by atoms with Crippen LogP contribution in [0.25, 0.3) is 11.0 Å². The molecular formula is C18H18BrClN4O3. The van der Waals surface area contributed by atoms with Crippen molar-refractivity contribution >= 4 is 44.4 Å². The van der Waals surface area contributed by atoms with Gasteiger partial charge < -0.3 is 25.3 Å². The summed E-state index contributed by atoms with van der Waals surface area (Å²) in [5.74, 6) is 0.720. The van der Waals surface area contributed by atoms with Crippen LogP contribution in [0.15, 0.2) is 34.9 Å². The molecule has 1 aliphatic rings. The van der Waals surface area contributed by atoms with Crippen molar-refractivity contribution in [3.63, 3.8) is 0 Å². The van der Waals surface area contributed by atoms with Gasteiger partial charge in [-0.2, -0.15) is 4.98 Å². The van der Waals surface area contributed by atoms with E-state index in [1.807, 2.05) is 24.3 Å². The van der Waals surface area contributed by atoms with Crippen LogP contribution in [0.4, 0.5) is 5.82 Å². The van der Waals surface area contributed by atoms with Crippen molar-refractivity contribution in [3.8, 4) is 5.75 Å². The van der Waals surface area contributed by atoms with Crippen molar-refractivity contribution in [1.29, 1.82) is 0 Å². The number of aromatic nitrogens is 3. The smallest absolute Gasteiger partial charge is 0.226 e. The topological polar surface area (TPSA) is 106 Å². The van der Waals surface area contributed by atoms with Gasteiger partial charge in [0.25, 0.3) is 0 Å². The van der Waals surface area contributed by atoms with Crippen LogP contribution < -0.4 is 10.5 Å². The molecule has 1 saturated carbocycles. The lowest BCUT2D eigenvalue weighted by molar-refractivity contribution is 0.0178. The van der Waals surface area contributed by atoms with Crippen molar-refractivity contribution in [2.45, 2.75) is 30.6 Å². The van der Waals surface area contributed by atoms with Gasteiger partial charge in [0.2, 0.25) is 5.28 Å². The quantitative estimate of drug-likeness (QED) is 0.527. The number of hydrogen-bond donors (Lipinski definition) is 3. The van der Waals surface area contributed by atoms with Gasteiger partial charge in [-0.3, -0.25) is 0 Å². The number of nitrogen functional groups attached to an aromatic ring is 1. The third-order valence-electron chi connectivity index (χ3n) is 5.16. The van der Waals surface area contributed by atoms with Crippen LogP contribution in [0.5, 0.6) is 5.75 Å². The second-order valence-corrected chi connectivity index (χ2v) is 7.82. The van der Waals surface area contributed by atoms with E-state index in [4.69, 9.17) is 22.1 Å². The molecule has 142 valence electrons. The molecule has 7 nitrogen and oxygen atoms in total. The molecule has 0 saturated heterocycles. The fraction of sp³-hybridized carbons (Fsp3) is 0.333. The maximum Gasteiger partial charge on any atom is 0.226 e. The zero-order valence-corrected chi connectivity index (χ0v) is 16.7. The number of methoxy groups -OCH3 is 1. The predicted octanol–water partition coefficient (Wildman–Crippen LogP) is 2.89. The number of aliphatic hydroxyl groups is 2. The minimum atomic E-state index is -0.973. The van der Waals surface area contributed by atoms with Crippen LogP contribution in [0, 0.1) is 0 Å². The molecule has 0 radical (unpaired) electrons. The largest absolute Gasteiger partial charge is 0.497 e. The van der Waals surface area contributed by atoms with E-state index < -0.39 is 18.2 Å². The number of ether oxygens (including phenoxy) is 1. The molecule has 9 heteroatoms. The second-order valence-electron chi connectivity index (χ2n) is 6.63. The minimum absolute atomic E-state index is 0.0317. The van der Waals surface area contributed by atoms with Crippen molar-refractivity contribution in [2.24, 2.45) is 0 Å². The molecular weight excluding hydrogens is 436 g/mol. The zero-order valence-electron chi connectivity index (χ0n) is 14.4. The lowest BCUT2D eigenvalue weighted by Crippen LogP contribution is -2.28. The summed E-state index contributed by atoms with van der Waals surface area (Å²) in [5, 5.41) is 22.1. The van der Waals surface area contributed by atoms with Crippen LogP contribution in [0.1, 0.15) is 23.9 Å². The number of nitrogens with zero attached hydrogens (tertiary/aromatic N) is 3. The summed E-state index contributed by atoms with van der Waals surface area (Å²) in [6.07, 6.45) is 0.417. The van der Waals surface area contributed by atoms with Gasteiger partial charge >= 0.3 is 0 Å². The SMILES string of the molecule is COc1cccc([C@H]2C[C@@H](n3cc(Br)c4c(N)nc(Cl)nc43)[C@H](O)[C@@H]2O)c1. The Hall–Kier alpha value is -1.87. The Morgan fingerprint density at radius 3 is 2.81 bits per heavy atom. The molecule has 2 aromatic heterocycles. The highest BCUT2D eigenvalue weighted by Gasteiger charge is 2.43. The molecule has 27 heavy (non-hydrogen) atoms. The van der Waals surface area contributed by atoms with Crippen molar-refractivity contribution in [1.82, 2.24) is 14.5 Å². The summed E-state index contributed by atoms with van der Waals surface area (Å²) in [6.45, 7) is 0. The van der Waals surface area contributed by atoms with Crippen molar-refractivity contribution in [3.05, 3.63) is 45.8 Å². The molecule has 4 N–H and O–H groups in total. The fourth-order valence-electron chi connectivity index (χ4n) is 3.84.